The fraction of sp³-hybridized carbons (Fsp3) is 0.500. The Morgan fingerprint density at radius 2 is 2.29 bits per heavy atom. The summed E-state index contributed by atoms with van der Waals surface area (Å²) in [4.78, 5) is 25.5. The standard InChI is InChI=1S/C16H20N2O3/c19-15-7-2-8-18(15)11-12-4-1-5-13(10-12)17-16(20)14-6-3-9-21-14/h1,4-5,10,14H,2-3,6-9,11H2,(H,17,20). The van der Waals surface area contributed by atoms with Crippen LogP contribution in [0.25, 0.3) is 0 Å². The number of benzene rings is 1. The molecule has 1 aromatic rings. The molecule has 0 spiro atoms. The van der Waals surface area contributed by atoms with Crippen molar-refractivity contribution in [2.45, 2.75) is 38.3 Å². The monoisotopic (exact) mass is 288 g/mol. The van der Waals surface area contributed by atoms with Crippen LogP contribution in [0.3, 0.4) is 0 Å². The van der Waals surface area contributed by atoms with Gasteiger partial charge in [0.25, 0.3) is 5.91 Å². The van der Waals surface area contributed by atoms with E-state index in [-0.39, 0.29) is 17.9 Å². The SMILES string of the molecule is O=C(Nc1cccc(CN2CCCC2=O)c1)C1CCCO1. The van der Waals surface area contributed by atoms with Crippen LogP contribution in [0.5, 0.6) is 0 Å². The largest absolute Gasteiger partial charge is 0.368 e. The molecular weight excluding hydrogens is 268 g/mol. The fourth-order valence-corrected chi connectivity index (χ4v) is 2.85. The summed E-state index contributed by atoms with van der Waals surface area (Å²) in [7, 11) is 0. The molecule has 1 N–H and O–H groups in total. The van der Waals surface area contributed by atoms with Crippen molar-refractivity contribution in [3.63, 3.8) is 0 Å². The van der Waals surface area contributed by atoms with Crippen LogP contribution >= 0.6 is 0 Å². The van der Waals surface area contributed by atoms with Gasteiger partial charge < -0.3 is 15.0 Å². The van der Waals surface area contributed by atoms with Gasteiger partial charge in [-0.05, 0) is 37.0 Å². The summed E-state index contributed by atoms with van der Waals surface area (Å²) in [5, 5.41) is 2.89. The minimum Gasteiger partial charge on any atom is -0.368 e. The number of nitrogens with zero attached hydrogens (tertiary/aromatic N) is 1. The van der Waals surface area contributed by atoms with E-state index in [1.54, 1.807) is 0 Å². The summed E-state index contributed by atoms with van der Waals surface area (Å²) in [6.07, 6.45) is 2.99. The quantitative estimate of drug-likeness (QED) is 0.921. The van der Waals surface area contributed by atoms with Gasteiger partial charge in [0, 0.05) is 31.8 Å². The second-order valence-corrected chi connectivity index (χ2v) is 5.61. The minimum absolute atomic E-state index is 0.0816. The van der Waals surface area contributed by atoms with Crippen LogP contribution in [0, 0.1) is 0 Å². The topological polar surface area (TPSA) is 58.6 Å². The summed E-state index contributed by atoms with van der Waals surface area (Å²) in [5.74, 6) is 0.130. The Morgan fingerprint density at radius 3 is 3.00 bits per heavy atom. The molecule has 2 fully saturated rings. The third-order valence-electron chi connectivity index (χ3n) is 3.96. The molecule has 0 saturated carbocycles. The van der Waals surface area contributed by atoms with E-state index in [9.17, 15) is 9.59 Å². The van der Waals surface area contributed by atoms with Crippen molar-refractivity contribution < 1.29 is 14.3 Å². The Kier molecular flexibility index (Phi) is 4.20. The van der Waals surface area contributed by atoms with Crippen molar-refractivity contribution in [1.29, 1.82) is 0 Å². The van der Waals surface area contributed by atoms with Crippen LogP contribution in [0.1, 0.15) is 31.2 Å². The fourth-order valence-electron chi connectivity index (χ4n) is 2.85. The van der Waals surface area contributed by atoms with Crippen molar-refractivity contribution in [3.05, 3.63) is 29.8 Å². The molecule has 2 amide bonds. The van der Waals surface area contributed by atoms with Crippen LogP contribution in [0.2, 0.25) is 0 Å². The average molecular weight is 288 g/mol. The van der Waals surface area contributed by atoms with E-state index in [0.29, 0.717) is 19.6 Å². The first kappa shape index (κ1) is 14.1. The molecule has 112 valence electrons. The van der Waals surface area contributed by atoms with E-state index in [2.05, 4.69) is 5.32 Å². The molecule has 5 nitrogen and oxygen atoms in total. The lowest BCUT2D eigenvalue weighted by atomic mass is 10.1. The zero-order chi connectivity index (χ0) is 14.7. The number of rotatable bonds is 4. The highest BCUT2D eigenvalue weighted by Crippen LogP contribution is 2.19. The van der Waals surface area contributed by atoms with Crippen LogP contribution < -0.4 is 5.32 Å². The van der Waals surface area contributed by atoms with Crippen molar-refractivity contribution >= 4 is 17.5 Å². The molecule has 3 rings (SSSR count). The predicted molar refractivity (Wildman–Crippen MR) is 78.7 cm³/mol. The number of nitrogens with one attached hydrogen (secondary N) is 1. The maximum absolute atomic E-state index is 12.0. The van der Waals surface area contributed by atoms with E-state index in [1.807, 2.05) is 29.2 Å². The summed E-state index contributed by atoms with van der Waals surface area (Å²) in [5.41, 5.74) is 1.80. The Hall–Kier alpha value is -1.88. The maximum Gasteiger partial charge on any atom is 0.253 e. The summed E-state index contributed by atoms with van der Waals surface area (Å²) in [6, 6.07) is 7.68. The first-order valence-corrected chi connectivity index (χ1v) is 7.51. The van der Waals surface area contributed by atoms with Gasteiger partial charge in [0.05, 0.1) is 0 Å². The molecule has 2 aliphatic rings. The molecule has 0 aromatic heterocycles. The van der Waals surface area contributed by atoms with E-state index in [0.717, 1.165) is 37.1 Å². The minimum atomic E-state index is -0.325. The zero-order valence-corrected chi connectivity index (χ0v) is 12.0. The Bertz CT molecular complexity index is 538. The van der Waals surface area contributed by atoms with Crippen molar-refractivity contribution in [2.75, 3.05) is 18.5 Å². The van der Waals surface area contributed by atoms with Gasteiger partial charge in [0.15, 0.2) is 0 Å². The molecular formula is C16H20N2O3. The van der Waals surface area contributed by atoms with Gasteiger partial charge in [-0.3, -0.25) is 9.59 Å². The summed E-state index contributed by atoms with van der Waals surface area (Å²) >= 11 is 0. The molecule has 0 aliphatic carbocycles. The van der Waals surface area contributed by atoms with Gasteiger partial charge in [-0.15, -0.1) is 0 Å². The first-order valence-electron chi connectivity index (χ1n) is 7.51. The second kappa shape index (κ2) is 6.26. The molecule has 2 saturated heterocycles. The van der Waals surface area contributed by atoms with Crippen LogP contribution in [-0.4, -0.2) is 36.0 Å². The number of hydrogen-bond acceptors (Lipinski definition) is 3. The Morgan fingerprint density at radius 1 is 1.38 bits per heavy atom. The van der Waals surface area contributed by atoms with Crippen molar-refractivity contribution in [3.8, 4) is 0 Å². The Labute approximate surface area is 124 Å². The van der Waals surface area contributed by atoms with Crippen molar-refractivity contribution in [2.24, 2.45) is 0 Å². The molecule has 2 aliphatic heterocycles. The zero-order valence-electron chi connectivity index (χ0n) is 12.0. The number of hydrogen-bond donors (Lipinski definition) is 1. The van der Waals surface area contributed by atoms with Crippen molar-refractivity contribution in [1.82, 2.24) is 4.90 Å². The third-order valence-corrected chi connectivity index (χ3v) is 3.96. The normalized spacial score (nSPS) is 21.8. The van der Waals surface area contributed by atoms with Crippen LogP contribution in [0.4, 0.5) is 5.69 Å². The smallest absolute Gasteiger partial charge is 0.253 e. The summed E-state index contributed by atoms with van der Waals surface area (Å²) < 4.78 is 5.37. The molecule has 2 heterocycles. The molecule has 1 unspecified atom stereocenters. The number of carbonyl (C=O) groups is 2. The molecule has 1 aromatic carbocycles. The van der Waals surface area contributed by atoms with E-state index in [1.165, 1.54) is 0 Å². The Balaban J connectivity index is 1.62. The third kappa shape index (κ3) is 3.42. The number of anilines is 1. The molecule has 0 bridgehead atoms. The number of likely N-dealkylation sites (tertiary alicyclic amines) is 1. The van der Waals surface area contributed by atoms with Gasteiger partial charge in [0.2, 0.25) is 5.91 Å². The van der Waals surface area contributed by atoms with Crippen LogP contribution in [0.15, 0.2) is 24.3 Å². The molecule has 1 atom stereocenters. The highest BCUT2D eigenvalue weighted by molar-refractivity contribution is 5.94. The maximum atomic E-state index is 12.0. The van der Waals surface area contributed by atoms with E-state index >= 15 is 0 Å². The van der Waals surface area contributed by atoms with E-state index in [4.69, 9.17) is 4.74 Å². The summed E-state index contributed by atoms with van der Waals surface area (Å²) in [6.45, 7) is 2.10. The van der Waals surface area contributed by atoms with E-state index < -0.39 is 0 Å². The number of ether oxygens (including phenoxy) is 1. The van der Waals surface area contributed by atoms with Crippen LogP contribution in [-0.2, 0) is 20.9 Å². The highest BCUT2D eigenvalue weighted by atomic mass is 16.5. The second-order valence-electron chi connectivity index (χ2n) is 5.61. The van der Waals surface area contributed by atoms with Gasteiger partial charge in [-0.1, -0.05) is 12.1 Å². The lowest BCUT2D eigenvalue weighted by Crippen LogP contribution is -2.27. The molecule has 5 heteroatoms. The molecule has 0 radical (unpaired) electrons. The highest BCUT2D eigenvalue weighted by Gasteiger charge is 2.24. The lowest BCUT2D eigenvalue weighted by Gasteiger charge is -2.16. The van der Waals surface area contributed by atoms with Gasteiger partial charge >= 0.3 is 0 Å². The predicted octanol–water partition coefficient (Wildman–Crippen LogP) is 1.93. The van der Waals surface area contributed by atoms with Gasteiger partial charge in [-0.2, -0.15) is 0 Å². The number of carbonyl (C=O) groups excluding carboxylic acids is 2. The lowest BCUT2D eigenvalue weighted by molar-refractivity contribution is -0.128. The van der Waals surface area contributed by atoms with Gasteiger partial charge in [0.1, 0.15) is 6.10 Å². The first-order chi connectivity index (χ1) is 10.2. The average Bonchev–Trinajstić information content (AvgIpc) is 3.12. The van der Waals surface area contributed by atoms with Gasteiger partial charge in [-0.25, -0.2) is 0 Å². The molecule has 21 heavy (non-hydrogen) atoms. The number of amides is 2.